The Bertz CT molecular complexity index is 612. The summed E-state index contributed by atoms with van der Waals surface area (Å²) < 4.78 is 7.18. The SMILES string of the molecule is Cc1cc(Cl)cc2c1OC(c1ccc(Br)cc1)CN2. The quantitative estimate of drug-likeness (QED) is 0.794. The molecule has 2 aromatic carbocycles. The largest absolute Gasteiger partial charge is 0.481 e. The Morgan fingerprint density at radius 1 is 1.26 bits per heavy atom. The maximum atomic E-state index is 6.11. The zero-order valence-electron chi connectivity index (χ0n) is 10.4. The van der Waals surface area contributed by atoms with E-state index in [0.717, 1.165) is 38.6 Å². The molecule has 0 saturated heterocycles. The molecule has 0 saturated carbocycles. The number of halogens is 2. The van der Waals surface area contributed by atoms with Crippen molar-refractivity contribution in [1.82, 2.24) is 0 Å². The first-order valence-corrected chi connectivity index (χ1v) is 7.27. The standard InChI is InChI=1S/C15H13BrClNO/c1-9-6-12(17)7-13-15(9)19-14(8-18-13)10-2-4-11(16)5-3-10/h2-7,14,18H,8H2,1H3. The molecule has 98 valence electrons. The van der Waals surface area contributed by atoms with E-state index < -0.39 is 0 Å². The van der Waals surface area contributed by atoms with E-state index in [4.69, 9.17) is 16.3 Å². The Kier molecular flexibility index (Phi) is 3.42. The number of benzene rings is 2. The van der Waals surface area contributed by atoms with Gasteiger partial charge in [-0.05, 0) is 42.3 Å². The van der Waals surface area contributed by atoms with E-state index in [1.165, 1.54) is 0 Å². The van der Waals surface area contributed by atoms with Crippen molar-refractivity contribution in [2.45, 2.75) is 13.0 Å². The van der Waals surface area contributed by atoms with Crippen molar-refractivity contribution in [2.24, 2.45) is 0 Å². The number of ether oxygens (including phenoxy) is 1. The summed E-state index contributed by atoms with van der Waals surface area (Å²) in [5.41, 5.74) is 3.19. The van der Waals surface area contributed by atoms with Crippen LogP contribution in [0.1, 0.15) is 17.2 Å². The van der Waals surface area contributed by atoms with Gasteiger partial charge in [-0.1, -0.05) is 39.7 Å². The molecule has 2 nitrogen and oxygen atoms in total. The third-order valence-electron chi connectivity index (χ3n) is 3.22. The fourth-order valence-corrected chi connectivity index (χ4v) is 2.80. The van der Waals surface area contributed by atoms with Crippen LogP contribution in [0.15, 0.2) is 40.9 Å². The van der Waals surface area contributed by atoms with Gasteiger partial charge in [0, 0.05) is 9.50 Å². The van der Waals surface area contributed by atoms with Crippen molar-refractivity contribution in [2.75, 3.05) is 11.9 Å². The third-order valence-corrected chi connectivity index (χ3v) is 3.97. The van der Waals surface area contributed by atoms with Crippen molar-refractivity contribution < 1.29 is 4.74 Å². The van der Waals surface area contributed by atoms with Gasteiger partial charge in [0.2, 0.25) is 0 Å². The lowest BCUT2D eigenvalue weighted by molar-refractivity contribution is 0.209. The van der Waals surface area contributed by atoms with Gasteiger partial charge >= 0.3 is 0 Å². The van der Waals surface area contributed by atoms with Gasteiger partial charge in [0.05, 0.1) is 12.2 Å². The second kappa shape index (κ2) is 5.06. The lowest BCUT2D eigenvalue weighted by atomic mass is 10.1. The number of nitrogens with one attached hydrogen (secondary N) is 1. The molecule has 1 heterocycles. The molecule has 1 unspecified atom stereocenters. The highest BCUT2D eigenvalue weighted by Gasteiger charge is 2.22. The zero-order chi connectivity index (χ0) is 13.4. The Morgan fingerprint density at radius 3 is 2.74 bits per heavy atom. The van der Waals surface area contributed by atoms with Gasteiger partial charge in [-0.2, -0.15) is 0 Å². The number of aryl methyl sites for hydroxylation is 1. The maximum absolute atomic E-state index is 6.11. The summed E-state index contributed by atoms with van der Waals surface area (Å²) in [6, 6.07) is 12.0. The van der Waals surface area contributed by atoms with Crippen LogP contribution in [0.25, 0.3) is 0 Å². The second-order valence-corrected chi connectivity index (χ2v) is 5.99. The topological polar surface area (TPSA) is 21.3 Å². The van der Waals surface area contributed by atoms with Gasteiger partial charge in [-0.25, -0.2) is 0 Å². The van der Waals surface area contributed by atoms with Crippen molar-refractivity contribution in [3.8, 4) is 5.75 Å². The minimum atomic E-state index is 0.0282. The molecule has 19 heavy (non-hydrogen) atoms. The molecule has 1 atom stereocenters. The summed E-state index contributed by atoms with van der Waals surface area (Å²) in [5.74, 6) is 0.892. The molecule has 0 spiro atoms. The average Bonchev–Trinajstić information content (AvgIpc) is 2.39. The van der Waals surface area contributed by atoms with Crippen LogP contribution in [-0.2, 0) is 0 Å². The normalized spacial score (nSPS) is 17.3. The summed E-state index contributed by atoms with van der Waals surface area (Å²) in [5, 5.41) is 4.12. The van der Waals surface area contributed by atoms with Crippen molar-refractivity contribution in [3.05, 3.63) is 57.0 Å². The monoisotopic (exact) mass is 337 g/mol. The summed E-state index contributed by atoms with van der Waals surface area (Å²) in [6.07, 6.45) is 0.0282. The van der Waals surface area contributed by atoms with Crippen LogP contribution in [0.5, 0.6) is 5.75 Å². The van der Waals surface area contributed by atoms with Crippen LogP contribution in [0.4, 0.5) is 5.69 Å². The van der Waals surface area contributed by atoms with Gasteiger partial charge in [0.25, 0.3) is 0 Å². The van der Waals surface area contributed by atoms with Gasteiger partial charge in [0.1, 0.15) is 11.9 Å². The van der Waals surface area contributed by atoms with E-state index in [1.54, 1.807) is 0 Å². The summed E-state index contributed by atoms with van der Waals surface area (Å²) in [4.78, 5) is 0. The minimum absolute atomic E-state index is 0.0282. The van der Waals surface area contributed by atoms with Gasteiger partial charge in [0.15, 0.2) is 0 Å². The molecule has 1 aliphatic rings. The zero-order valence-corrected chi connectivity index (χ0v) is 12.8. The highest BCUT2D eigenvalue weighted by Crippen LogP contribution is 2.38. The molecule has 0 amide bonds. The molecular weight excluding hydrogens is 326 g/mol. The molecule has 1 aliphatic heterocycles. The van der Waals surface area contributed by atoms with E-state index in [9.17, 15) is 0 Å². The van der Waals surface area contributed by atoms with Crippen molar-refractivity contribution >= 4 is 33.2 Å². The van der Waals surface area contributed by atoms with E-state index in [1.807, 2.05) is 31.2 Å². The Balaban J connectivity index is 1.92. The van der Waals surface area contributed by atoms with E-state index >= 15 is 0 Å². The number of fused-ring (bicyclic) bond motifs is 1. The molecule has 0 radical (unpaired) electrons. The van der Waals surface area contributed by atoms with Gasteiger partial charge in [-0.3, -0.25) is 0 Å². The molecular formula is C15H13BrClNO. The summed E-state index contributed by atoms with van der Waals surface area (Å²) in [7, 11) is 0. The third kappa shape index (κ3) is 2.58. The second-order valence-electron chi connectivity index (χ2n) is 4.64. The summed E-state index contributed by atoms with van der Waals surface area (Å²) >= 11 is 9.50. The molecule has 4 heteroatoms. The molecule has 1 N–H and O–H groups in total. The van der Waals surface area contributed by atoms with Crippen molar-refractivity contribution in [3.63, 3.8) is 0 Å². The molecule has 3 rings (SSSR count). The van der Waals surface area contributed by atoms with Crippen LogP contribution in [0.2, 0.25) is 5.02 Å². The van der Waals surface area contributed by atoms with Crippen molar-refractivity contribution in [1.29, 1.82) is 0 Å². The number of hydrogen-bond acceptors (Lipinski definition) is 2. The Labute approximate surface area is 125 Å². The Morgan fingerprint density at radius 2 is 2.00 bits per heavy atom. The number of rotatable bonds is 1. The fraction of sp³-hybridized carbons (Fsp3) is 0.200. The first-order valence-electron chi connectivity index (χ1n) is 6.09. The van der Waals surface area contributed by atoms with Gasteiger partial charge in [-0.15, -0.1) is 0 Å². The number of hydrogen-bond donors (Lipinski definition) is 1. The van der Waals surface area contributed by atoms with Crippen LogP contribution in [-0.4, -0.2) is 6.54 Å². The smallest absolute Gasteiger partial charge is 0.146 e. The molecule has 0 aliphatic carbocycles. The molecule has 0 fully saturated rings. The lowest BCUT2D eigenvalue weighted by Gasteiger charge is -2.29. The number of anilines is 1. The van der Waals surface area contributed by atoms with E-state index in [2.05, 4.69) is 33.4 Å². The maximum Gasteiger partial charge on any atom is 0.146 e. The first-order chi connectivity index (χ1) is 9.13. The minimum Gasteiger partial charge on any atom is -0.481 e. The first kappa shape index (κ1) is 12.8. The molecule has 0 bridgehead atoms. The average molecular weight is 339 g/mol. The fourth-order valence-electron chi connectivity index (χ4n) is 2.27. The Hall–Kier alpha value is -1.19. The van der Waals surface area contributed by atoms with Crippen LogP contribution in [0.3, 0.4) is 0 Å². The van der Waals surface area contributed by atoms with Crippen LogP contribution >= 0.6 is 27.5 Å². The molecule has 0 aromatic heterocycles. The van der Waals surface area contributed by atoms with Gasteiger partial charge < -0.3 is 10.1 Å². The highest BCUT2D eigenvalue weighted by molar-refractivity contribution is 9.10. The predicted octanol–water partition coefficient (Wildman–Crippen LogP) is 4.96. The highest BCUT2D eigenvalue weighted by atomic mass is 79.9. The van der Waals surface area contributed by atoms with E-state index in [0.29, 0.717) is 0 Å². The molecule has 2 aromatic rings. The predicted molar refractivity (Wildman–Crippen MR) is 82.2 cm³/mol. The lowest BCUT2D eigenvalue weighted by Crippen LogP contribution is -2.24. The van der Waals surface area contributed by atoms with E-state index in [-0.39, 0.29) is 6.10 Å². The van der Waals surface area contributed by atoms with Crippen LogP contribution in [0, 0.1) is 6.92 Å². The summed E-state index contributed by atoms with van der Waals surface area (Å²) in [6.45, 7) is 2.75. The van der Waals surface area contributed by atoms with Crippen LogP contribution < -0.4 is 10.1 Å².